The Hall–Kier alpha value is -0.940. The van der Waals surface area contributed by atoms with Crippen LogP contribution in [0.3, 0.4) is 0 Å². The molecule has 3 nitrogen and oxygen atoms in total. The smallest absolute Gasteiger partial charge is 0.147 e. The van der Waals surface area contributed by atoms with Crippen LogP contribution in [0.5, 0.6) is 0 Å². The first-order chi connectivity index (χ1) is 9.40. The molecule has 0 radical (unpaired) electrons. The van der Waals surface area contributed by atoms with E-state index in [1.807, 2.05) is 0 Å². The first-order valence-electron chi connectivity index (χ1n) is 7.03. The maximum atomic E-state index is 12.9. The first kappa shape index (κ1) is 17.1. The molecule has 0 bridgehead atoms. The minimum Gasteiger partial charge on any atom is -0.316 e. The molecule has 0 spiro atoms. The highest BCUT2D eigenvalue weighted by molar-refractivity contribution is 7.90. The van der Waals surface area contributed by atoms with E-state index in [9.17, 15) is 12.8 Å². The second-order valence-electron chi connectivity index (χ2n) is 5.32. The van der Waals surface area contributed by atoms with Gasteiger partial charge in [0.05, 0.1) is 5.75 Å². The summed E-state index contributed by atoms with van der Waals surface area (Å²) in [6, 6.07) is 6.43. The summed E-state index contributed by atoms with van der Waals surface area (Å²) in [6.07, 6.45) is 3.72. The van der Waals surface area contributed by atoms with Gasteiger partial charge in [-0.05, 0) is 56.0 Å². The number of nitrogens with one attached hydrogen (secondary N) is 1. The lowest BCUT2D eigenvalue weighted by Crippen LogP contribution is -2.26. The second-order valence-corrected chi connectivity index (χ2v) is 7.58. The van der Waals surface area contributed by atoms with Crippen LogP contribution in [0.2, 0.25) is 0 Å². The van der Waals surface area contributed by atoms with Crippen molar-refractivity contribution in [1.29, 1.82) is 0 Å². The third-order valence-corrected chi connectivity index (χ3v) is 4.17. The Morgan fingerprint density at radius 2 is 1.90 bits per heavy atom. The Labute approximate surface area is 121 Å². The molecule has 0 fully saturated rings. The predicted molar refractivity (Wildman–Crippen MR) is 81.1 cm³/mol. The average Bonchev–Trinajstić information content (AvgIpc) is 2.37. The molecule has 0 saturated carbocycles. The van der Waals surface area contributed by atoms with E-state index < -0.39 is 9.84 Å². The fourth-order valence-electron chi connectivity index (χ4n) is 2.09. The molecule has 1 aromatic rings. The summed E-state index contributed by atoms with van der Waals surface area (Å²) < 4.78 is 35.5. The zero-order valence-corrected chi connectivity index (χ0v) is 13.0. The van der Waals surface area contributed by atoms with Gasteiger partial charge in [-0.15, -0.1) is 0 Å². The molecule has 0 saturated heterocycles. The quantitative estimate of drug-likeness (QED) is 0.713. The Bertz CT molecular complexity index is 485. The van der Waals surface area contributed by atoms with E-state index in [1.165, 1.54) is 18.4 Å². The van der Waals surface area contributed by atoms with Gasteiger partial charge in [0, 0.05) is 6.26 Å². The number of sulfone groups is 1. The first-order valence-corrected chi connectivity index (χ1v) is 9.09. The summed E-state index contributed by atoms with van der Waals surface area (Å²) >= 11 is 0. The lowest BCUT2D eigenvalue weighted by molar-refractivity contribution is 0.458. The molecule has 0 aromatic heterocycles. The summed E-state index contributed by atoms with van der Waals surface area (Å²) in [5.41, 5.74) is 1.04. The summed E-state index contributed by atoms with van der Waals surface area (Å²) in [4.78, 5) is 0. The van der Waals surface area contributed by atoms with Crippen LogP contribution >= 0.6 is 0 Å². The van der Waals surface area contributed by atoms with E-state index in [-0.39, 0.29) is 17.5 Å². The zero-order chi connectivity index (χ0) is 15.0. The van der Waals surface area contributed by atoms with E-state index in [0.29, 0.717) is 6.42 Å². The number of benzene rings is 1. The molecule has 20 heavy (non-hydrogen) atoms. The maximum absolute atomic E-state index is 12.9. The summed E-state index contributed by atoms with van der Waals surface area (Å²) in [5, 5.41) is 3.33. The van der Waals surface area contributed by atoms with Gasteiger partial charge in [0.25, 0.3) is 0 Å². The third-order valence-electron chi connectivity index (χ3n) is 3.19. The van der Waals surface area contributed by atoms with E-state index >= 15 is 0 Å². The van der Waals surface area contributed by atoms with Crippen LogP contribution < -0.4 is 5.32 Å². The predicted octanol–water partition coefficient (Wildman–Crippen LogP) is 2.42. The highest BCUT2D eigenvalue weighted by Crippen LogP contribution is 2.14. The van der Waals surface area contributed by atoms with Gasteiger partial charge in [-0.1, -0.05) is 19.1 Å². The van der Waals surface area contributed by atoms with Crippen LogP contribution in [0.25, 0.3) is 0 Å². The van der Waals surface area contributed by atoms with Crippen LogP contribution in [0.15, 0.2) is 24.3 Å². The van der Waals surface area contributed by atoms with Crippen LogP contribution in [0, 0.1) is 11.7 Å². The van der Waals surface area contributed by atoms with E-state index in [2.05, 4.69) is 12.2 Å². The standard InChI is InChI=1S/C15H24FNO2S/c1-3-9-17-12-14(8-10-20(2,18)19)11-13-4-6-15(16)7-5-13/h4-7,14,17H,3,8-12H2,1-2H3. The SMILES string of the molecule is CCCNCC(CCS(C)(=O)=O)Cc1ccc(F)cc1. The fraction of sp³-hybridized carbons (Fsp3) is 0.600. The molecule has 1 N–H and O–H groups in total. The largest absolute Gasteiger partial charge is 0.316 e. The lowest BCUT2D eigenvalue weighted by atomic mass is 9.97. The topological polar surface area (TPSA) is 46.2 Å². The molecule has 1 atom stereocenters. The number of halogens is 1. The molecule has 0 aliphatic heterocycles. The van der Waals surface area contributed by atoms with Gasteiger partial charge < -0.3 is 5.32 Å². The van der Waals surface area contributed by atoms with Crippen LogP contribution in [-0.4, -0.2) is 33.5 Å². The molecule has 5 heteroatoms. The van der Waals surface area contributed by atoms with Crippen molar-refractivity contribution in [1.82, 2.24) is 5.32 Å². The molecule has 1 unspecified atom stereocenters. The molecule has 0 aliphatic carbocycles. The number of hydrogen-bond donors (Lipinski definition) is 1. The highest BCUT2D eigenvalue weighted by Gasteiger charge is 2.13. The minimum atomic E-state index is -2.94. The molecular weight excluding hydrogens is 277 g/mol. The second kappa shape index (κ2) is 8.37. The Morgan fingerprint density at radius 1 is 1.25 bits per heavy atom. The van der Waals surface area contributed by atoms with Gasteiger partial charge in [0.1, 0.15) is 15.7 Å². The summed E-state index contributed by atoms with van der Waals surface area (Å²) in [6.45, 7) is 3.82. The van der Waals surface area contributed by atoms with Gasteiger partial charge in [-0.25, -0.2) is 12.8 Å². The van der Waals surface area contributed by atoms with Crippen LogP contribution in [-0.2, 0) is 16.3 Å². The third kappa shape index (κ3) is 7.60. The summed E-state index contributed by atoms with van der Waals surface area (Å²) in [5.74, 6) is 0.208. The molecular formula is C15H24FNO2S. The minimum absolute atomic E-state index is 0.201. The van der Waals surface area contributed by atoms with Gasteiger partial charge in [-0.3, -0.25) is 0 Å². The highest BCUT2D eigenvalue weighted by atomic mass is 32.2. The van der Waals surface area contributed by atoms with Crippen molar-refractivity contribution >= 4 is 9.84 Å². The molecule has 0 aliphatic rings. The molecule has 114 valence electrons. The molecule has 0 heterocycles. The fourth-order valence-corrected chi connectivity index (χ4v) is 2.86. The van der Waals surface area contributed by atoms with Crippen LogP contribution in [0.1, 0.15) is 25.3 Å². The Balaban J connectivity index is 2.58. The molecule has 1 rings (SSSR count). The van der Waals surface area contributed by atoms with E-state index in [0.717, 1.165) is 31.5 Å². The van der Waals surface area contributed by atoms with Crippen molar-refractivity contribution in [2.24, 2.45) is 5.92 Å². The van der Waals surface area contributed by atoms with Crippen molar-refractivity contribution in [3.05, 3.63) is 35.6 Å². The van der Waals surface area contributed by atoms with Crippen LogP contribution in [0.4, 0.5) is 4.39 Å². The monoisotopic (exact) mass is 301 g/mol. The molecule has 1 aromatic carbocycles. The Morgan fingerprint density at radius 3 is 2.45 bits per heavy atom. The normalized spacial score (nSPS) is 13.3. The summed E-state index contributed by atoms with van der Waals surface area (Å²) in [7, 11) is -2.94. The molecule has 0 amide bonds. The maximum Gasteiger partial charge on any atom is 0.147 e. The van der Waals surface area contributed by atoms with Gasteiger partial charge in [0.2, 0.25) is 0 Å². The van der Waals surface area contributed by atoms with Gasteiger partial charge in [0.15, 0.2) is 0 Å². The Kier molecular flexibility index (Phi) is 7.16. The lowest BCUT2D eigenvalue weighted by Gasteiger charge is -2.17. The van der Waals surface area contributed by atoms with Gasteiger partial charge in [-0.2, -0.15) is 0 Å². The van der Waals surface area contributed by atoms with Gasteiger partial charge >= 0.3 is 0 Å². The van der Waals surface area contributed by atoms with E-state index in [4.69, 9.17) is 0 Å². The number of rotatable bonds is 9. The van der Waals surface area contributed by atoms with E-state index in [1.54, 1.807) is 12.1 Å². The van der Waals surface area contributed by atoms with Crippen molar-refractivity contribution < 1.29 is 12.8 Å². The zero-order valence-electron chi connectivity index (χ0n) is 12.2. The van der Waals surface area contributed by atoms with Crippen molar-refractivity contribution in [2.45, 2.75) is 26.2 Å². The van der Waals surface area contributed by atoms with Crippen molar-refractivity contribution in [3.63, 3.8) is 0 Å². The number of hydrogen-bond acceptors (Lipinski definition) is 3. The van der Waals surface area contributed by atoms with Crippen molar-refractivity contribution in [2.75, 3.05) is 25.1 Å². The van der Waals surface area contributed by atoms with Crippen molar-refractivity contribution in [3.8, 4) is 0 Å². The average molecular weight is 301 g/mol.